The lowest BCUT2D eigenvalue weighted by Gasteiger charge is -2.26. The van der Waals surface area contributed by atoms with Crippen LogP contribution in [0.15, 0.2) is 35.0 Å². The maximum absolute atomic E-state index is 5.56. The van der Waals surface area contributed by atoms with Crippen LogP contribution in [0.5, 0.6) is 0 Å². The summed E-state index contributed by atoms with van der Waals surface area (Å²) in [6, 6.07) is 8.64. The number of rotatable bonds is 4. The van der Waals surface area contributed by atoms with E-state index in [0.29, 0.717) is 0 Å². The lowest BCUT2D eigenvalue weighted by Crippen LogP contribution is -2.40. The molecule has 2 rings (SSSR count). The Bertz CT molecular complexity index is 455. The number of nitrogens with one attached hydrogen (secondary N) is 1. The minimum atomic E-state index is -0.307. The standard InChI is InChI=1S/C14H15NS2/c1-4-14(2,3)15-13(11-7-5-9-16-11)12-8-6-10-17-12/h1,5-10,13,15H,2-3H3. The lowest BCUT2D eigenvalue weighted by molar-refractivity contribution is 0.455. The summed E-state index contributed by atoms with van der Waals surface area (Å²) >= 11 is 3.51. The zero-order valence-corrected chi connectivity index (χ0v) is 11.6. The number of thiophene rings is 2. The second-order valence-electron chi connectivity index (χ2n) is 4.38. The maximum Gasteiger partial charge on any atom is 0.0776 e. The van der Waals surface area contributed by atoms with Crippen LogP contribution in [-0.4, -0.2) is 5.54 Å². The molecule has 88 valence electrons. The summed E-state index contributed by atoms with van der Waals surface area (Å²) < 4.78 is 0. The predicted molar refractivity (Wildman–Crippen MR) is 76.5 cm³/mol. The van der Waals surface area contributed by atoms with Crippen molar-refractivity contribution in [2.75, 3.05) is 0 Å². The first kappa shape index (κ1) is 12.4. The van der Waals surface area contributed by atoms with Crippen LogP contribution in [0.2, 0.25) is 0 Å². The molecule has 0 spiro atoms. The van der Waals surface area contributed by atoms with Crippen LogP contribution >= 0.6 is 22.7 Å². The van der Waals surface area contributed by atoms with Crippen LogP contribution in [0.1, 0.15) is 29.6 Å². The van der Waals surface area contributed by atoms with E-state index < -0.39 is 0 Å². The molecule has 0 unspecified atom stereocenters. The smallest absolute Gasteiger partial charge is 0.0776 e. The summed E-state index contributed by atoms with van der Waals surface area (Å²) in [5.74, 6) is 2.79. The number of terminal acetylenes is 1. The molecule has 2 aromatic rings. The third-order valence-electron chi connectivity index (χ3n) is 2.52. The lowest BCUT2D eigenvalue weighted by atomic mass is 10.0. The van der Waals surface area contributed by atoms with Crippen LogP contribution in [-0.2, 0) is 0 Å². The van der Waals surface area contributed by atoms with E-state index in [4.69, 9.17) is 6.42 Å². The highest BCUT2D eigenvalue weighted by Gasteiger charge is 2.23. The van der Waals surface area contributed by atoms with Crippen LogP contribution in [0, 0.1) is 12.3 Å². The van der Waals surface area contributed by atoms with Gasteiger partial charge in [0.05, 0.1) is 11.6 Å². The van der Waals surface area contributed by atoms with E-state index in [2.05, 4.69) is 46.3 Å². The average molecular weight is 261 g/mol. The Morgan fingerprint density at radius 1 is 1.18 bits per heavy atom. The van der Waals surface area contributed by atoms with Gasteiger partial charge in [-0.25, -0.2) is 0 Å². The highest BCUT2D eigenvalue weighted by atomic mass is 32.1. The molecular weight excluding hydrogens is 246 g/mol. The topological polar surface area (TPSA) is 12.0 Å². The fraction of sp³-hybridized carbons (Fsp3) is 0.286. The summed E-state index contributed by atoms with van der Waals surface area (Å²) in [7, 11) is 0. The fourth-order valence-electron chi connectivity index (χ4n) is 1.60. The molecule has 2 heterocycles. The largest absolute Gasteiger partial charge is 0.289 e. The van der Waals surface area contributed by atoms with Gasteiger partial charge >= 0.3 is 0 Å². The molecule has 0 atom stereocenters. The Labute approximate surface area is 111 Å². The first-order valence-corrected chi connectivity index (χ1v) is 7.20. The van der Waals surface area contributed by atoms with E-state index in [1.54, 1.807) is 22.7 Å². The molecule has 17 heavy (non-hydrogen) atoms. The van der Waals surface area contributed by atoms with Gasteiger partial charge in [0.2, 0.25) is 0 Å². The van der Waals surface area contributed by atoms with E-state index in [1.807, 2.05) is 13.8 Å². The molecule has 0 fully saturated rings. The summed E-state index contributed by atoms with van der Waals surface area (Å²) in [4.78, 5) is 2.60. The van der Waals surface area contributed by atoms with E-state index in [9.17, 15) is 0 Å². The Kier molecular flexibility index (Phi) is 3.68. The molecule has 0 aromatic carbocycles. The summed E-state index contributed by atoms with van der Waals surface area (Å²) in [6.45, 7) is 4.06. The molecule has 0 saturated heterocycles. The second-order valence-corrected chi connectivity index (χ2v) is 6.34. The first-order chi connectivity index (χ1) is 8.12. The van der Waals surface area contributed by atoms with Crippen molar-refractivity contribution < 1.29 is 0 Å². The van der Waals surface area contributed by atoms with E-state index in [1.165, 1.54) is 9.75 Å². The Morgan fingerprint density at radius 2 is 1.71 bits per heavy atom. The molecule has 1 nitrogen and oxygen atoms in total. The third-order valence-corrected chi connectivity index (χ3v) is 4.40. The normalized spacial score (nSPS) is 11.6. The van der Waals surface area contributed by atoms with Crippen molar-refractivity contribution in [1.82, 2.24) is 5.32 Å². The van der Waals surface area contributed by atoms with Gasteiger partial charge < -0.3 is 0 Å². The molecule has 0 aliphatic rings. The zero-order valence-electron chi connectivity index (χ0n) is 9.94. The Hall–Kier alpha value is -1.08. The highest BCUT2D eigenvalue weighted by molar-refractivity contribution is 7.11. The van der Waals surface area contributed by atoms with Gasteiger partial charge in [-0.3, -0.25) is 5.32 Å². The molecule has 0 aliphatic heterocycles. The van der Waals surface area contributed by atoms with Crippen molar-refractivity contribution >= 4 is 22.7 Å². The Morgan fingerprint density at radius 3 is 2.06 bits per heavy atom. The molecule has 2 aromatic heterocycles. The zero-order chi connectivity index (χ0) is 12.3. The highest BCUT2D eigenvalue weighted by Crippen LogP contribution is 2.30. The van der Waals surface area contributed by atoms with Crippen molar-refractivity contribution in [1.29, 1.82) is 0 Å². The van der Waals surface area contributed by atoms with Crippen molar-refractivity contribution in [3.8, 4) is 12.3 Å². The molecule has 0 saturated carbocycles. The van der Waals surface area contributed by atoms with E-state index in [0.717, 1.165) is 0 Å². The molecule has 3 heteroatoms. The number of hydrogen-bond donors (Lipinski definition) is 1. The molecule has 0 amide bonds. The van der Waals surface area contributed by atoms with Gasteiger partial charge in [0.25, 0.3) is 0 Å². The van der Waals surface area contributed by atoms with Gasteiger partial charge in [0.15, 0.2) is 0 Å². The van der Waals surface area contributed by atoms with Crippen molar-refractivity contribution in [3.63, 3.8) is 0 Å². The van der Waals surface area contributed by atoms with Gasteiger partial charge in [-0.15, -0.1) is 29.1 Å². The molecule has 0 aliphatic carbocycles. The molecular formula is C14H15NS2. The van der Waals surface area contributed by atoms with E-state index in [-0.39, 0.29) is 11.6 Å². The SMILES string of the molecule is C#CC(C)(C)NC(c1cccs1)c1cccs1. The van der Waals surface area contributed by atoms with E-state index >= 15 is 0 Å². The third kappa shape index (κ3) is 2.98. The fourth-order valence-corrected chi connectivity index (χ4v) is 3.26. The van der Waals surface area contributed by atoms with Gasteiger partial charge in [-0.1, -0.05) is 18.1 Å². The Balaban J connectivity index is 2.30. The van der Waals surface area contributed by atoms with Crippen LogP contribution in [0.4, 0.5) is 0 Å². The quantitative estimate of drug-likeness (QED) is 0.823. The summed E-state index contributed by atoms with van der Waals surface area (Å²) in [5.41, 5.74) is -0.307. The van der Waals surface area contributed by atoms with Crippen LogP contribution in [0.25, 0.3) is 0 Å². The maximum atomic E-state index is 5.56. The predicted octanol–water partition coefficient (Wildman–Crippen LogP) is 3.90. The second kappa shape index (κ2) is 5.05. The first-order valence-electron chi connectivity index (χ1n) is 5.45. The minimum absolute atomic E-state index is 0.195. The van der Waals surface area contributed by atoms with Gasteiger partial charge in [0.1, 0.15) is 0 Å². The van der Waals surface area contributed by atoms with Gasteiger partial charge in [0, 0.05) is 9.75 Å². The van der Waals surface area contributed by atoms with Crippen LogP contribution < -0.4 is 5.32 Å². The summed E-state index contributed by atoms with van der Waals surface area (Å²) in [6.07, 6.45) is 5.56. The number of hydrogen-bond acceptors (Lipinski definition) is 3. The monoisotopic (exact) mass is 261 g/mol. The van der Waals surface area contributed by atoms with Crippen molar-refractivity contribution in [3.05, 3.63) is 44.8 Å². The minimum Gasteiger partial charge on any atom is -0.289 e. The molecule has 0 radical (unpaired) electrons. The van der Waals surface area contributed by atoms with Crippen molar-refractivity contribution in [2.45, 2.75) is 25.4 Å². The molecule has 1 N–H and O–H groups in total. The van der Waals surface area contributed by atoms with Gasteiger partial charge in [-0.05, 0) is 36.7 Å². The van der Waals surface area contributed by atoms with Gasteiger partial charge in [-0.2, -0.15) is 0 Å². The molecule has 0 bridgehead atoms. The van der Waals surface area contributed by atoms with Crippen molar-refractivity contribution in [2.24, 2.45) is 0 Å². The summed E-state index contributed by atoms with van der Waals surface area (Å²) in [5, 5.41) is 7.73. The van der Waals surface area contributed by atoms with Crippen LogP contribution in [0.3, 0.4) is 0 Å². The average Bonchev–Trinajstić information content (AvgIpc) is 2.99.